The van der Waals surface area contributed by atoms with Gasteiger partial charge in [-0.15, -0.1) is 0 Å². The predicted octanol–water partition coefficient (Wildman–Crippen LogP) is 2.17. The number of carbonyl (C=O) groups excluding carboxylic acids is 2. The van der Waals surface area contributed by atoms with Crippen molar-refractivity contribution in [2.45, 2.75) is 26.1 Å². The molecule has 0 spiro atoms. The molecular weight excluding hydrogens is 276 g/mol. The van der Waals surface area contributed by atoms with Gasteiger partial charge in [-0.3, -0.25) is 0 Å². The highest BCUT2D eigenvalue weighted by atomic mass is 16.7. The largest absolute Gasteiger partial charge is 0.508 e. The summed E-state index contributed by atoms with van der Waals surface area (Å²) in [5, 5.41) is 9.60. The molecule has 0 amide bonds. The van der Waals surface area contributed by atoms with Crippen molar-refractivity contribution in [2.75, 3.05) is 6.61 Å². The first kappa shape index (κ1) is 15.1. The van der Waals surface area contributed by atoms with Gasteiger partial charge in [0, 0.05) is 18.1 Å². The quantitative estimate of drug-likeness (QED) is 0.520. The zero-order valence-electron chi connectivity index (χ0n) is 11.6. The van der Waals surface area contributed by atoms with Gasteiger partial charge < -0.3 is 19.3 Å². The molecule has 0 bridgehead atoms. The van der Waals surface area contributed by atoms with Crippen LogP contribution in [0.5, 0.6) is 11.5 Å². The van der Waals surface area contributed by atoms with Crippen molar-refractivity contribution in [2.24, 2.45) is 0 Å². The van der Waals surface area contributed by atoms with Gasteiger partial charge in [-0.2, -0.15) is 0 Å². The molecule has 1 aromatic rings. The fraction of sp³-hybridized carbons (Fsp3) is 0.333. The molecule has 1 aliphatic heterocycles. The van der Waals surface area contributed by atoms with Crippen molar-refractivity contribution in [1.82, 2.24) is 0 Å². The number of rotatable bonds is 4. The van der Waals surface area contributed by atoms with Gasteiger partial charge in [0.1, 0.15) is 11.5 Å². The van der Waals surface area contributed by atoms with E-state index in [-0.39, 0.29) is 22.6 Å². The summed E-state index contributed by atoms with van der Waals surface area (Å²) in [6.45, 7) is 5.51. The van der Waals surface area contributed by atoms with Crippen molar-refractivity contribution < 1.29 is 28.9 Å². The van der Waals surface area contributed by atoms with E-state index in [1.54, 1.807) is 0 Å². The molecule has 1 fully saturated rings. The molecule has 112 valence electrons. The zero-order valence-corrected chi connectivity index (χ0v) is 11.6. The number of esters is 2. The SMILES string of the molecule is C=C(C)C(=O)Oc1cc(O)cc(C(=O)OC2CCCO2)c1. The fourth-order valence-electron chi connectivity index (χ4n) is 1.78. The summed E-state index contributed by atoms with van der Waals surface area (Å²) in [6, 6.07) is 3.77. The Bertz CT molecular complexity index is 572. The number of aromatic hydroxyl groups is 1. The number of carbonyl (C=O) groups is 2. The van der Waals surface area contributed by atoms with Crippen molar-refractivity contribution in [3.8, 4) is 11.5 Å². The number of hydrogen-bond donors (Lipinski definition) is 1. The summed E-state index contributed by atoms with van der Waals surface area (Å²) >= 11 is 0. The lowest BCUT2D eigenvalue weighted by atomic mass is 10.2. The van der Waals surface area contributed by atoms with Gasteiger partial charge >= 0.3 is 11.9 Å². The Morgan fingerprint density at radius 1 is 1.38 bits per heavy atom. The predicted molar refractivity (Wildman–Crippen MR) is 72.9 cm³/mol. The minimum atomic E-state index is -0.648. The van der Waals surface area contributed by atoms with E-state index in [0.29, 0.717) is 13.0 Å². The van der Waals surface area contributed by atoms with Gasteiger partial charge in [0.15, 0.2) is 0 Å². The maximum Gasteiger partial charge on any atom is 0.340 e. The summed E-state index contributed by atoms with van der Waals surface area (Å²) < 4.78 is 15.3. The average Bonchev–Trinajstić information content (AvgIpc) is 2.90. The Balaban J connectivity index is 2.11. The second-order valence-corrected chi connectivity index (χ2v) is 4.73. The highest BCUT2D eigenvalue weighted by Crippen LogP contribution is 2.24. The fourth-order valence-corrected chi connectivity index (χ4v) is 1.78. The zero-order chi connectivity index (χ0) is 15.4. The maximum atomic E-state index is 12.0. The number of phenols is 1. The first-order valence-electron chi connectivity index (χ1n) is 6.50. The molecule has 0 saturated carbocycles. The van der Waals surface area contributed by atoms with E-state index < -0.39 is 18.2 Å². The molecule has 1 atom stereocenters. The van der Waals surface area contributed by atoms with Crippen molar-refractivity contribution in [3.05, 3.63) is 35.9 Å². The van der Waals surface area contributed by atoms with Gasteiger partial charge in [-0.1, -0.05) is 6.58 Å². The van der Waals surface area contributed by atoms with Crippen LogP contribution in [-0.4, -0.2) is 29.9 Å². The van der Waals surface area contributed by atoms with Crippen LogP contribution in [0, 0.1) is 0 Å². The number of hydrogen-bond acceptors (Lipinski definition) is 6. The molecule has 0 radical (unpaired) electrons. The van der Waals surface area contributed by atoms with Crippen LogP contribution in [-0.2, 0) is 14.3 Å². The molecule has 6 heteroatoms. The van der Waals surface area contributed by atoms with Crippen LogP contribution >= 0.6 is 0 Å². The summed E-state index contributed by atoms with van der Waals surface area (Å²) in [6.07, 6.45) is 0.905. The summed E-state index contributed by atoms with van der Waals surface area (Å²) in [5.74, 6) is -1.45. The highest BCUT2D eigenvalue weighted by molar-refractivity contribution is 5.92. The molecule has 6 nitrogen and oxygen atoms in total. The third-order valence-corrected chi connectivity index (χ3v) is 2.81. The Labute approximate surface area is 121 Å². The first-order chi connectivity index (χ1) is 9.95. The van der Waals surface area contributed by atoms with Crippen LogP contribution in [0.4, 0.5) is 0 Å². The van der Waals surface area contributed by atoms with Crippen LogP contribution in [0.25, 0.3) is 0 Å². The smallest absolute Gasteiger partial charge is 0.340 e. The minimum Gasteiger partial charge on any atom is -0.508 e. The highest BCUT2D eigenvalue weighted by Gasteiger charge is 2.21. The van der Waals surface area contributed by atoms with Crippen LogP contribution < -0.4 is 4.74 Å². The van der Waals surface area contributed by atoms with Crippen LogP contribution in [0.1, 0.15) is 30.1 Å². The van der Waals surface area contributed by atoms with E-state index in [9.17, 15) is 14.7 Å². The van der Waals surface area contributed by atoms with Crippen molar-refractivity contribution in [3.63, 3.8) is 0 Å². The molecule has 2 rings (SSSR count). The summed E-state index contributed by atoms with van der Waals surface area (Å²) in [5.41, 5.74) is 0.289. The Morgan fingerprint density at radius 2 is 2.14 bits per heavy atom. The summed E-state index contributed by atoms with van der Waals surface area (Å²) in [4.78, 5) is 23.4. The molecule has 1 aromatic carbocycles. The lowest BCUT2D eigenvalue weighted by Crippen LogP contribution is -2.17. The van der Waals surface area contributed by atoms with E-state index in [4.69, 9.17) is 14.2 Å². The van der Waals surface area contributed by atoms with Gasteiger partial charge in [0.05, 0.1) is 12.2 Å². The Hall–Kier alpha value is -2.34. The molecule has 1 aliphatic rings. The van der Waals surface area contributed by atoms with Gasteiger partial charge in [-0.05, 0) is 25.5 Å². The van der Waals surface area contributed by atoms with Crippen LogP contribution in [0.3, 0.4) is 0 Å². The number of benzene rings is 1. The first-order valence-corrected chi connectivity index (χ1v) is 6.50. The third-order valence-electron chi connectivity index (χ3n) is 2.81. The molecular formula is C15H16O6. The molecule has 1 unspecified atom stereocenters. The minimum absolute atomic E-state index is 0.0438. The van der Waals surface area contributed by atoms with E-state index in [1.807, 2.05) is 0 Å². The van der Waals surface area contributed by atoms with E-state index in [2.05, 4.69) is 6.58 Å². The van der Waals surface area contributed by atoms with Crippen LogP contribution in [0.15, 0.2) is 30.4 Å². The molecule has 21 heavy (non-hydrogen) atoms. The molecule has 1 heterocycles. The summed E-state index contributed by atoms with van der Waals surface area (Å²) in [7, 11) is 0. The normalized spacial score (nSPS) is 17.3. The Kier molecular flexibility index (Phi) is 4.59. The lowest BCUT2D eigenvalue weighted by Gasteiger charge is -2.12. The molecule has 0 aliphatic carbocycles. The van der Waals surface area contributed by atoms with Gasteiger partial charge in [0.2, 0.25) is 6.29 Å². The van der Waals surface area contributed by atoms with E-state index in [0.717, 1.165) is 6.42 Å². The second kappa shape index (κ2) is 6.41. The molecule has 1 saturated heterocycles. The van der Waals surface area contributed by atoms with Gasteiger partial charge in [-0.25, -0.2) is 9.59 Å². The second-order valence-electron chi connectivity index (χ2n) is 4.73. The number of phenolic OH excluding ortho intramolecular Hbond substituents is 1. The van der Waals surface area contributed by atoms with Gasteiger partial charge in [0.25, 0.3) is 0 Å². The molecule has 0 aromatic heterocycles. The third kappa shape index (κ3) is 4.06. The van der Waals surface area contributed by atoms with E-state index in [1.165, 1.54) is 25.1 Å². The maximum absolute atomic E-state index is 12.0. The van der Waals surface area contributed by atoms with Crippen LogP contribution in [0.2, 0.25) is 0 Å². The van der Waals surface area contributed by atoms with E-state index >= 15 is 0 Å². The van der Waals surface area contributed by atoms with Crippen molar-refractivity contribution in [1.29, 1.82) is 0 Å². The Morgan fingerprint density at radius 3 is 2.76 bits per heavy atom. The topological polar surface area (TPSA) is 82.1 Å². The standard InChI is InChI=1S/C15H16O6/c1-9(2)14(17)20-12-7-10(6-11(16)8-12)15(18)21-13-4-3-5-19-13/h6-8,13,16H,1,3-5H2,2H3. The number of ether oxygens (including phenoxy) is 3. The monoisotopic (exact) mass is 292 g/mol. The van der Waals surface area contributed by atoms with Crippen molar-refractivity contribution >= 4 is 11.9 Å². The molecule has 1 N–H and O–H groups in total. The average molecular weight is 292 g/mol. The lowest BCUT2D eigenvalue weighted by molar-refractivity contribution is -0.130.